The van der Waals surface area contributed by atoms with Crippen molar-refractivity contribution in [1.82, 2.24) is 9.97 Å². The molecular formula is C29H32IrN3O3-. The molecule has 0 saturated heterocycles. The summed E-state index contributed by atoms with van der Waals surface area (Å²) in [6.07, 6.45) is 1.46. The van der Waals surface area contributed by atoms with Crippen LogP contribution in [0, 0.1) is 13.0 Å². The van der Waals surface area contributed by atoms with Gasteiger partial charge in [-0.25, -0.2) is 4.98 Å². The molecule has 1 aromatic heterocycles. The van der Waals surface area contributed by atoms with E-state index in [4.69, 9.17) is 14.9 Å². The molecule has 0 amide bonds. The van der Waals surface area contributed by atoms with Crippen molar-refractivity contribution in [1.29, 1.82) is 0 Å². The maximum Gasteiger partial charge on any atom is 0.194 e. The average molecular weight is 663 g/mol. The quantitative estimate of drug-likeness (QED) is 0.241. The fourth-order valence-electron chi connectivity index (χ4n) is 3.58. The number of ether oxygens (including phenoxy) is 1. The predicted octanol–water partition coefficient (Wildman–Crippen LogP) is 5.87. The van der Waals surface area contributed by atoms with Crippen LogP contribution in [-0.4, -0.2) is 39.5 Å². The van der Waals surface area contributed by atoms with Crippen molar-refractivity contribution in [2.24, 2.45) is 0 Å². The normalized spacial score (nSPS) is 11.8. The van der Waals surface area contributed by atoms with Gasteiger partial charge in [-0.05, 0) is 57.1 Å². The van der Waals surface area contributed by atoms with Crippen molar-refractivity contribution in [2.75, 3.05) is 12.0 Å². The van der Waals surface area contributed by atoms with Gasteiger partial charge in [-0.15, -0.1) is 29.8 Å². The van der Waals surface area contributed by atoms with Gasteiger partial charge in [-0.3, -0.25) is 4.98 Å². The molecule has 2 unspecified atom stereocenters. The van der Waals surface area contributed by atoms with Crippen LogP contribution in [0.2, 0.25) is 0 Å². The maximum absolute atomic E-state index is 8.56. The number of aryl methyl sites for hydroxylation is 1. The molecule has 0 aliphatic carbocycles. The molecule has 0 saturated carbocycles. The summed E-state index contributed by atoms with van der Waals surface area (Å²) in [6.45, 7) is 5.21. The molecule has 6 nitrogen and oxygen atoms in total. The number of methoxy groups -OCH3 is 1. The monoisotopic (exact) mass is 663 g/mol. The first kappa shape index (κ1) is 29.1. The van der Waals surface area contributed by atoms with Gasteiger partial charge < -0.3 is 19.8 Å². The van der Waals surface area contributed by atoms with Gasteiger partial charge in [0.25, 0.3) is 0 Å². The summed E-state index contributed by atoms with van der Waals surface area (Å²) >= 11 is 0. The molecule has 191 valence electrons. The number of aromatic nitrogens is 2. The number of rotatable bonds is 7. The van der Waals surface area contributed by atoms with E-state index in [0.717, 1.165) is 28.3 Å². The van der Waals surface area contributed by atoms with Gasteiger partial charge in [-0.1, -0.05) is 36.4 Å². The zero-order valence-corrected chi connectivity index (χ0v) is 23.3. The molecule has 3 aromatic carbocycles. The molecule has 7 heteroatoms. The summed E-state index contributed by atoms with van der Waals surface area (Å²) in [7, 11) is 1.61. The molecule has 1 radical (unpaired) electrons. The fourth-order valence-corrected chi connectivity index (χ4v) is 3.58. The Morgan fingerprint density at radius 2 is 1.42 bits per heavy atom. The van der Waals surface area contributed by atoms with Gasteiger partial charge in [0.15, 0.2) is 5.88 Å². The van der Waals surface area contributed by atoms with Crippen LogP contribution in [0.4, 0.5) is 17.1 Å². The molecule has 0 aliphatic rings. The van der Waals surface area contributed by atoms with Crippen LogP contribution in [0.25, 0.3) is 11.3 Å². The van der Waals surface area contributed by atoms with Crippen LogP contribution in [0.3, 0.4) is 0 Å². The topological polar surface area (TPSA) is 78.7 Å². The molecule has 2 atom stereocenters. The van der Waals surface area contributed by atoms with Gasteiger partial charge >= 0.3 is 0 Å². The minimum Gasteiger partial charge on any atom is -0.486 e. The van der Waals surface area contributed by atoms with Gasteiger partial charge in [0.2, 0.25) is 0 Å². The smallest absolute Gasteiger partial charge is 0.194 e. The third-order valence-electron chi connectivity index (χ3n) is 5.07. The summed E-state index contributed by atoms with van der Waals surface area (Å²) in [5.41, 5.74) is 5.53. The first-order valence-corrected chi connectivity index (χ1v) is 11.5. The summed E-state index contributed by atoms with van der Waals surface area (Å²) < 4.78 is 5.39. The van der Waals surface area contributed by atoms with E-state index in [1.807, 2.05) is 55.5 Å². The van der Waals surface area contributed by atoms with Gasteiger partial charge in [0, 0.05) is 43.4 Å². The van der Waals surface area contributed by atoms with Gasteiger partial charge in [-0.2, -0.15) is 0 Å². The second kappa shape index (κ2) is 14.5. The number of benzene rings is 3. The zero-order valence-electron chi connectivity index (χ0n) is 20.9. The molecule has 0 fully saturated rings. The minimum atomic E-state index is -0.375. The molecule has 4 aromatic rings. The van der Waals surface area contributed by atoms with Gasteiger partial charge in [0.05, 0.1) is 25.0 Å². The van der Waals surface area contributed by atoms with Crippen LogP contribution >= 0.6 is 0 Å². The fraction of sp³-hybridized carbons (Fsp3) is 0.241. The Morgan fingerprint density at radius 1 is 0.861 bits per heavy atom. The van der Waals surface area contributed by atoms with Crippen LogP contribution in [0.1, 0.15) is 26.0 Å². The van der Waals surface area contributed by atoms with E-state index in [9.17, 15) is 0 Å². The van der Waals surface area contributed by atoms with E-state index in [0.29, 0.717) is 18.0 Å². The SMILES string of the molecule is CC(O)CC(C)O.COc1nc(C)cnc1-c1[c-]cc(N(c2ccccc2)c2ccccc2)cc1.[Ir]. The molecule has 2 N–H and O–H groups in total. The number of hydrogen-bond acceptors (Lipinski definition) is 6. The van der Waals surface area contributed by atoms with Crippen molar-refractivity contribution in [3.05, 3.63) is 96.8 Å². The van der Waals surface area contributed by atoms with Crippen LogP contribution in [-0.2, 0) is 20.1 Å². The molecule has 4 rings (SSSR count). The first-order valence-electron chi connectivity index (χ1n) is 11.5. The van der Waals surface area contributed by atoms with Crippen molar-refractivity contribution in [2.45, 2.75) is 39.4 Å². The Labute approximate surface area is 227 Å². The van der Waals surface area contributed by atoms with E-state index < -0.39 is 0 Å². The third-order valence-corrected chi connectivity index (χ3v) is 5.07. The van der Waals surface area contributed by atoms with Crippen LogP contribution < -0.4 is 9.64 Å². The van der Waals surface area contributed by atoms with E-state index >= 15 is 0 Å². The third kappa shape index (κ3) is 8.25. The van der Waals surface area contributed by atoms with Crippen LogP contribution in [0.15, 0.2) is 85.1 Å². The molecule has 36 heavy (non-hydrogen) atoms. The Balaban J connectivity index is 0.000000503. The number of nitrogens with zero attached hydrogens (tertiary/aromatic N) is 3. The molecular weight excluding hydrogens is 631 g/mol. The Hall–Kier alpha value is -3.09. The van der Waals surface area contributed by atoms with Gasteiger partial charge in [0.1, 0.15) is 0 Å². The maximum atomic E-state index is 8.56. The number of aliphatic hydroxyl groups excluding tert-OH is 2. The summed E-state index contributed by atoms with van der Waals surface area (Å²) in [6, 6.07) is 29.9. The summed E-state index contributed by atoms with van der Waals surface area (Å²) in [4.78, 5) is 11.1. The summed E-state index contributed by atoms with van der Waals surface area (Å²) in [5, 5.41) is 17.1. The second-order valence-corrected chi connectivity index (χ2v) is 8.27. The molecule has 0 bridgehead atoms. The average Bonchev–Trinajstić information content (AvgIpc) is 2.85. The number of para-hydroxylation sites is 2. The Bertz CT molecular complexity index is 1130. The minimum absolute atomic E-state index is 0. The molecule has 1 heterocycles. The predicted molar refractivity (Wildman–Crippen MR) is 140 cm³/mol. The number of hydrogen-bond donors (Lipinski definition) is 2. The molecule has 0 aliphatic heterocycles. The largest absolute Gasteiger partial charge is 0.486 e. The number of anilines is 3. The standard InChI is InChI=1S/C24H20N3O.C5H12O2.Ir/c1-18-17-25-23(24(26-18)28-2)19-13-15-22(16-14-19)27(20-9-5-3-6-10-20)21-11-7-4-8-12-21;1-4(6)3-5(2)7;/h3-13,15-17H,1-2H3;4-7H,3H2,1-2H3;/q-1;;. The van der Waals surface area contributed by atoms with E-state index in [2.05, 4.69) is 51.3 Å². The number of aliphatic hydroxyl groups is 2. The van der Waals surface area contributed by atoms with E-state index in [-0.39, 0.29) is 32.3 Å². The Morgan fingerprint density at radius 3 is 1.83 bits per heavy atom. The second-order valence-electron chi connectivity index (χ2n) is 8.27. The van der Waals surface area contributed by atoms with E-state index in [1.54, 1.807) is 27.2 Å². The summed E-state index contributed by atoms with van der Waals surface area (Å²) in [5.74, 6) is 0.506. The Kier molecular flexibility index (Phi) is 11.7. The van der Waals surface area contributed by atoms with E-state index in [1.165, 1.54) is 0 Å². The van der Waals surface area contributed by atoms with Crippen molar-refractivity contribution in [3.8, 4) is 17.1 Å². The van der Waals surface area contributed by atoms with Crippen molar-refractivity contribution in [3.63, 3.8) is 0 Å². The molecule has 0 spiro atoms. The van der Waals surface area contributed by atoms with Crippen molar-refractivity contribution >= 4 is 17.1 Å². The van der Waals surface area contributed by atoms with Crippen molar-refractivity contribution < 1.29 is 35.1 Å². The first-order chi connectivity index (χ1) is 16.9. The zero-order chi connectivity index (χ0) is 25.2. The van der Waals surface area contributed by atoms with Crippen LogP contribution in [0.5, 0.6) is 5.88 Å².